The molecule has 1 N–H and O–H groups in total. The predicted octanol–water partition coefficient (Wildman–Crippen LogP) is 5.81. The van der Waals surface area contributed by atoms with Crippen LogP contribution in [0.3, 0.4) is 0 Å². The number of carbonyl (C=O) groups excluding carboxylic acids is 2. The summed E-state index contributed by atoms with van der Waals surface area (Å²) in [6.07, 6.45) is 0.00945. The van der Waals surface area contributed by atoms with Crippen LogP contribution in [0, 0.1) is 6.92 Å². The summed E-state index contributed by atoms with van der Waals surface area (Å²) < 4.78 is 11.2. The van der Waals surface area contributed by atoms with Gasteiger partial charge in [0.25, 0.3) is 11.7 Å². The Balaban J connectivity index is 1.83. The van der Waals surface area contributed by atoms with Crippen molar-refractivity contribution in [1.82, 2.24) is 0 Å². The molecule has 0 saturated carbocycles. The highest BCUT2D eigenvalue weighted by Crippen LogP contribution is 2.42. The van der Waals surface area contributed by atoms with Crippen LogP contribution in [-0.2, 0) is 9.59 Å². The molecule has 0 radical (unpaired) electrons. The molecule has 1 aliphatic heterocycles. The monoisotopic (exact) mass is 471 g/mol. The highest BCUT2D eigenvalue weighted by molar-refractivity contribution is 6.51. The van der Waals surface area contributed by atoms with Crippen LogP contribution in [0.4, 0.5) is 5.69 Å². The maximum atomic E-state index is 13.3. The lowest BCUT2D eigenvalue weighted by molar-refractivity contribution is -0.132. The summed E-state index contributed by atoms with van der Waals surface area (Å²) in [5.41, 5.74) is 2.74. The van der Waals surface area contributed by atoms with Crippen LogP contribution in [0.2, 0.25) is 0 Å². The number of carbonyl (C=O) groups is 2. The molecule has 0 aromatic heterocycles. The Morgan fingerprint density at radius 2 is 1.63 bits per heavy atom. The van der Waals surface area contributed by atoms with E-state index in [1.165, 1.54) is 4.90 Å². The van der Waals surface area contributed by atoms with Crippen LogP contribution >= 0.6 is 0 Å². The molecule has 4 rings (SSSR count). The smallest absolute Gasteiger partial charge is 0.300 e. The van der Waals surface area contributed by atoms with Crippen LogP contribution in [0.15, 0.2) is 78.4 Å². The summed E-state index contributed by atoms with van der Waals surface area (Å²) in [6, 6.07) is 20.7. The first-order valence-corrected chi connectivity index (χ1v) is 11.7. The van der Waals surface area contributed by atoms with Gasteiger partial charge in [0.1, 0.15) is 17.3 Å². The Morgan fingerprint density at radius 1 is 0.971 bits per heavy atom. The minimum atomic E-state index is -0.778. The number of aliphatic hydroxyl groups is 1. The largest absolute Gasteiger partial charge is 0.507 e. The van der Waals surface area contributed by atoms with Crippen molar-refractivity contribution in [2.24, 2.45) is 0 Å². The second-order valence-electron chi connectivity index (χ2n) is 8.70. The molecule has 1 saturated heterocycles. The molecule has 1 fully saturated rings. The fourth-order valence-corrected chi connectivity index (χ4v) is 4.24. The normalized spacial score (nSPS) is 17.2. The summed E-state index contributed by atoms with van der Waals surface area (Å²) in [7, 11) is 0. The Hall–Kier alpha value is -4.06. The van der Waals surface area contributed by atoms with Crippen molar-refractivity contribution in [1.29, 1.82) is 0 Å². The third kappa shape index (κ3) is 4.92. The van der Waals surface area contributed by atoms with Crippen molar-refractivity contribution in [3.8, 4) is 11.5 Å². The zero-order valence-corrected chi connectivity index (χ0v) is 20.3. The number of aryl methyl sites for hydroxylation is 1. The highest BCUT2D eigenvalue weighted by atomic mass is 16.5. The number of nitrogens with zero attached hydrogens (tertiary/aromatic N) is 1. The number of aliphatic hydroxyl groups excluding tert-OH is 1. The van der Waals surface area contributed by atoms with E-state index in [1.807, 2.05) is 52.0 Å². The molecule has 1 atom stereocenters. The van der Waals surface area contributed by atoms with E-state index in [2.05, 4.69) is 0 Å². The number of benzene rings is 3. The Bertz CT molecular complexity index is 1260. The summed E-state index contributed by atoms with van der Waals surface area (Å²) in [6.45, 7) is 8.22. The zero-order chi connectivity index (χ0) is 25.1. The molecular formula is C29H29NO5. The minimum absolute atomic E-state index is 0.00945. The third-order valence-electron chi connectivity index (χ3n) is 5.73. The van der Waals surface area contributed by atoms with Gasteiger partial charge in [0.05, 0.1) is 24.3 Å². The summed E-state index contributed by atoms with van der Waals surface area (Å²) in [4.78, 5) is 28.0. The summed E-state index contributed by atoms with van der Waals surface area (Å²) in [5, 5.41) is 11.3. The van der Waals surface area contributed by atoms with Gasteiger partial charge in [0, 0.05) is 11.3 Å². The van der Waals surface area contributed by atoms with E-state index in [9.17, 15) is 14.7 Å². The average molecular weight is 472 g/mol. The van der Waals surface area contributed by atoms with Gasteiger partial charge in [0.15, 0.2) is 0 Å². The molecular weight excluding hydrogens is 442 g/mol. The Labute approximate surface area is 205 Å². The second kappa shape index (κ2) is 10.1. The number of ketones is 1. The van der Waals surface area contributed by atoms with E-state index in [4.69, 9.17) is 9.47 Å². The topological polar surface area (TPSA) is 76.1 Å². The lowest BCUT2D eigenvalue weighted by Gasteiger charge is -2.26. The standard InChI is InChI=1S/C29H29NO5/c1-5-34-23-15-11-22(12-16-23)30-26(21-8-6-7-19(4)17-21)25(28(32)29(30)33)27(31)20-9-13-24(14-10-20)35-18(2)3/h6-18,26,31H,5H2,1-4H3/b27-25-. The second-order valence-corrected chi connectivity index (χ2v) is 8.70. The van der Waals surface area contributed by atoms with Gasteiger partial charge >= 0.3 is 0 Å². The van der Waals surface area contributed by atoms with E-state index in [-0.39, 0.29) is 17.4 Å². The van der Waals surface area contributed by atoms with Crippen LogP contribution < -0.4 is 14.4 Å². The van der Waals surface area contributed by atoms with Gasteiger partial charge in [-0.2, -0.15) is 0 Å². The lowest BCUT2D eigenvalue weighted by Crippen LogP contribution is -2.29. The van der Waals surface area contributed by atoms with Crippen LogP contribution in [-0.4, -0.2) is 29.5 Å². The van der Waals surface area contributed by atoms with Gasteiger partial charge in [-0.3, -0.25) is 14.5 Å². The van der Waals surface area contributed by atoms with E-state index in [0.29, 0.717) is 29.4 Å². The summed E-state index contributed by atoms with van der Waals surface area (Å²) >= 11 is 0. The molecule has 6 nitrogen and oxygen atoms in total. The Kier molecular flexibility index (Phi) is 6.92. The highest BCUT2D eigenvalue weighted by Gasteiger charge is 2.47. The average Bonchev–Trinajstić information content (AvgIpc) is 3.10. The number of ether oxygens (including phenoxy) is 2. The van der Waals surface area contributed by atoms with E-state index in [1.54, 1.807) is 48.5 Å². The molecule has 6 heteroatoms. The van der Waals surface area contributed by atoms with Crippen molar-refractivity contribution < 1.29 is 24.2 Å². The fraction of sp³-hybridized carbons (Fsp3) is 0.241. The van der Waals surface area contributed by atoms with Gasteiger partial charge in [-0.25, -0.2) is 0 Å². The molecule has 0 aliphatic carbocycles. The SMILES string of the molecule is CCOc1ccc(N2C(=O)C(=O)/C(=C(\O)c3ccc(OC(C)C)cc3)C2c2cccc(C)c2)cc1. The number of amides is 1. The van der Waals surface area contributed by atoms with Crippen LogP contribution in [0.1, 0.15) is 43.5 Å². The van der Waals surface area contributed by atoms with Crippen molar-refractivity contribution in [3.63, 3.8) is 0 Å². The molecule has 3 aromatic carbocycles. The van der Waals surface area contributed by atoms with Crippen LogP contribution in [0.5, 0.6) is 11.5 Å². The number of hydrogen-bond acceptors (Lipinski definition) is 5. The van der Waals surface area contributed by atoms with Crippen LogP contribution in [0.25, 0.3) is 5.76 Å². The third-order valence-corrected chi connectivity index (χ3v) is 5.73. The first-order chi connectivity index (χ1) is 16.8. The van der Waals surface area contributed by atoms with Gasteiger partial charge < -0.3 is 14.6 Å². The number of Topliss-reactive ketones (excluding diaryl/α,β-unsaturated/α-hetero) is 1. The summed E-state index contributed by atoms with van der Waals surface area (Å²) in [5.74, 6) is -0.322. The molecule has 1 unspecified atom stereocenters. The van der Waals surface area contributed by atoms with Crippen molar-refractivity contribution in [2.45, 2.75) is 39.8 Å². The first-order valence-electron chi connectivity index (χ1n) is 11.7. The fourth-order valence-electron chi connectivity index (χ4n) is 4.24. The number of anilines is 1. The maximum absolute atomic E-state index is 13.3. The molecule has 180 valence electrons. The van der Waals surface area contributed by atoms with E-state index >= 15 is 0 Å². The maximum Gasteiger partial charge on any atom is 0.300 e. The van der Waals surface area contributed by atoms with Crippen molar-refractivity contribution in [2.75, 3.05) is 11.5 Å². The first kappa shape index (κ1) is 24.1. The lowest BCUT2D eigenvalue weighted by atomic mass is 9.94. The zero-order valence-electron chi connectivity index (χ0n) is 20.3. The van der Waals surface area contributed by atoms with Crippen molar-refractivity contribution >= 4 is 23.1 Å². The number of rotatable bonds is 7. The Morgan fingerprint density at radius 3 is 2.23 bits per heavy atom. The number of hydrogen-bond donors (Lipinski definition) is 1. The van der Waals surface area contributed by atoms with Gasteiger partial charge in [-0.15, -0.1) is 0 Å². The van der Waals surface area contributed by atoms with E-state index < -0.39 is 17.7 Å². The molecule has 1 amide bonds. The minimum Gasteiger partial charge on any atom is -0.507 e. The molecule has 0 bridgehead atoms. The molecule has 35 heavy (non-hydrogen) atoms. The molecule has 1 heterocycles. The molecule has 1 aliphatic rings. The van der Waals surface area contributed by atoms with Crippen molar-refractivity contribution in [3.05, 3.63) is 95.1 Å². The molecule has 3 aromatic rings. The van der Waals surface area contributed by atoms with Gasteiger partial charge in [-0.1, -0.05) is 29.8 Å². The van der Waals surface area contributed by atoms with Gasteiger partial charge in [0.2, 0.25) is 0 Å². The van der Waals surface area contributed by atoms with E-state index in [0.717, 1.165) is 11.1 Å². The predicted molar refractivity (Wildman–Crippen MR) is 136 cm³/mol. The van der Waals surface area contributed by atoms with Gasteiger partial charge in [-0.05, 0) is 81.8 Å². The molecule has 0 spiro atoms. The quantitative estimate of drug-likeness (QED) is 0.267.